The molecule has 2 N–H and O–H groups in total. The minimum Gasteiger partial charge on any atom is -0.369 e. The normalized spacial score (nSPS) is 13.8. The zero-order valence-corrected chi connectivity index (χ0v) is 18.4. The summed E-state index contributed by atoms with van der Waals surface area (Å²) in [4.78, 5) is 12.2. The van der Waals surface area contributed by atoms with Crippen molar-refractivity contribution in [1.29, 1.82) is 0 Å². The number of aromatic nitrogens is 4. The van der Waals surface area contributed by atoms with Crippen LogP contribution in [0.1, 0.15) is 37.8 Å². The zero-order chi connectivity index (χ0) is 21.2. The summed E-state index contributed by atoms with van der Waals surface area (Å²) in [6.07, 6.45) is 8.53. The third-order valence-electron chi connectivity index (χ3n) is 6.56. The van der Waals surface area contributed by atoms with Gasteiger partial charge >= 0.3 is 0 Å². The van der Waals surface area contributed by atoms with E-state index in [-0.39, 0.29) is 0 Å². The molecule has 1 aliphatic carbocycles. The van der Waals surface area contributed by atoms with E-state index in [1.807, 2.05) is 12.4 Å². The number of nitrogens with zero attached hydrogens (tertiary/aromatic N) is 4. The number of nitrogens with one attached hydrogen (secondary N) is 2. The first kappa shape index (κ1) is 19.9. The molecule has 6 nitrogen and oxygen atoms in total. The number of hydrogen-bond donors (Lipinski definition) is 2. The molecular weight excluding hydrogens is 384 g/mol. The zero-order valence-electron chi connectivity index (χ0n) is 18.4. The Balaban J connectivity index is 1.48. The highest BCUT2D eigenvalue weighted by molar-refractivity contribution is 6.07. The van der Waals surface area contributed by atoms with E-state index in [1.165, 1.54) is 34.7 Å². The molecule has 0 amide bonds. The molecular formula is C25H30N6. The second-order valence-corrected chi connectivity index (χ2v) is 8.30. The molecule has 5 rings (SSSR count). The average Bonchev–Trinajstić information content (AvgIpc) is 3.31. The molecule has 0 unspecified atom stereocenters. The number of likely N-dealkylation sites (N-methyl/N-ethyl adjacent to an activating group) is 1. The lowest BCUT2D eigenvalue weighted by atomic mass is 9.86. The fourth-order valence-corrected chi connectivity index (χ4v) is 4.81. The van der Waals surface area contributed by atoms with Crippen LogP contribution < -0.4 is 5.32 Å². The predicted octanol–water partition coefficient (Wildman–Crippen LogP) is 4.81. The van der Waals surface area contributed by atoms with Crippen molar-refractivity contribution in [2.45, 2.75) is 39.5 Å². The first-order valence-electron chi connectivity index (χ1n) is 11.5. The molecule has 4 aromatic rings. The third kappa shape index (κ3) is 3.76. The Morgan fingerprint density at radius 1 is 1.00 bits per heavy atom. The second-order valence-electron chi connectivity index (χ2n) is 8.30. The largest absolute Gasteiger partial charge is 0.369 e. The van der Waals surface area contributed by atoms with Crippen LogP contribution in [0.3, 0.4) is 0 Å². The molecule has 6 heteroatoms. The molecule has 160 valence electrons. The fourth-order valence-electron chi connectivity index (χ4n) is 4.81. The van der Waals surface area contributed by atoms with Crippen LogP contribution in [0.4, 0.5) is 5.82 Å². The fraction of sp³-hybridized carbons (Fsp3) is 0.400. The van der Waals surface area contributed by atoms with E-state index in [1.54, 1.807) is 0 Å². The summed E-state index contributed by atoms with van der Waals surface area (Å²) >= 11 is 0. The van der Waals surface area contributed by atoms with Gasteiger partial charge in [0.2, 0.25) is 0 Å². The van der Waals surface area contributed by atoms with Crippen LogP contribution in [0.5, 0.6) is 0 Å². The topological polar surface area (TPSA) is 69.7 Å². The van der Waals surface area contributed by atoms with Gasteiger partial charge in [-0.05, 0) is 74.2 Å². The molecule has 31 heavy (non-hydrogen) atoms. The molecule has 3 aromatic heterocycles. The lowest BCUT2D eigenvalue weighted by Crippen LogP contribution is -2.28. The van der Waals surface area contributed by atoms with Crippen molar-refractivity contribution >= 4 is 27.6 Å². The summed E-state index contributed by atoms with van der Waals surface area (Å²) < 4.78 is 0. The van der Waals surface area contributed by atoms with Gasteiger partial charge in [-0.25, -0.2) is 9.97 Å². The van der Waals surface area contributed by atoms with Crippen molar-refractivity contribution < 1.29 is 0 Å². The number of pyridine rings is 2. The van der Waals surface area contributed by atoms with Crippen LogP contribution in [0.15, 0.2) is 36.7 Å². The number of benzene rings is 1. The maximum atomic E-state index is 5.12. The summed E-state index contributed by atoms with van der Waals surface area (Å²) in [7, 11) is 0. The van der Waals surface area contributed by atoms with Crippen LogP contribution in [-0.4, -0.2) is 51.2 Å². The maximum Gasteiger partial charge on any atom is 0.125 e. The van der Waals surface area contributed by atoms with Gasteiger partial charge < -0.3 is 10.2 Å². The summed E-state index contributed by atoms with van der Waals surface area (Å²) in [5.41, 5.74) is 7.15. The van der Waals surface area contributed by atoms with Gasteiger partial charge in [0.25, 0.3) is 0 Å². The van der Waals surface area contributed by atoms with Crippen LogP contribution in [-0.2, 0) is 12.8 Å². The van der Waals surface area contributed by atoms with Crippen LogP contribution >= 0.6 is 0 Å². The van der Waals surface area contributed by atoms with Gasteiger partial charge in [-0.3, -0.25) is 5.10 Å². The predicted molar refractivity (Wildman–Crippen MR) is 128 cm³/mol. The van der Waals surface area contributed by atoms with Crippen LogP contribution in [0.2, 0.25) is 0 Å². The third-order valence-corrected chi connectivity index (χ3v) is 6.56. The van der Waals surface area contributed by atoms with Crippen molar-refractivity contribution in [3.05, 3.63) is 47.8 Å². The molecule has 1 aromatic carbocycles. The summed E-state index contributed by atoms with van der Waals surface area (Å²) in [6, 6.07) is 8.44. The van der Waals surface area contributed by atoms with Crippen molar-refractivity contribution in [1.82, 2.24) is 25.1 Å². The van der Waals surface area contributed by atoms with Crippen LogP contribution in [0.25, 0.3) is 33.1 Å². The number of fused-ring (bicyclic) bond motifs is 5. The monoisotopic (exact) mass is 414 g/mol. The minimum atomic E-state index is 0.901. The minimum absolute atomic E-state index is 0.901. The Morgan fingerprint density at radius 2 is 1.84 bits per heavy atom. The van der Waals surface area contributed by atoms with E-state index in [0.29, 0.717) is 0 Å². The van der Waals surface area contributed by atoms with Gasteiger partial charge in [0.05, 0.1) is 22.9 Å². The molecule has 0 bridgehead atoms. The van der Waals surface area contributed by atoms with E-state index in [2.05, 4.69) is 63.5 Å². The number of rotatable bonds is 7. The van der Waals surface area contributed by atoms with E-state index >= 15 is 0 Å². The highest BCUT2D eigenvalue weighted by atomic mass is 15.1. The van der Waals surface area contributed by atoms with Crippen molar-refractivity contribution in [3.8, 4) is 11.3 Å². The number of aromatic amines is 1. The molecule has 0 spiro atoms. The van der Waals surface area contributed by atoms with Crippen LogP contribution in [0, 0.1) is 0 Å². The smallest absolute Gasteiger partial charge is 0.125 e. The Labute approximate surface area is 183 Å². The quantitative estimate of drug-likeness (QED) is 0.454. The summed E-state index contributed by atoms with van der Waals surface area (Å²) in [6.45, 7) is 8.48. The molecule has 3 heterocycles. The number of H-pyrrole nitrogens is 1. The Bertz CT molecular complexity index is 1190. The Kier molecular flexibility index (Phi) is 5.55. The molecule has 0 fully saturated rings. The second kappa shape index (κ2) is 8.63. The first-order chi connectivity index (χ1) is 15.3. The van der Waals surface area contributed by atoms with Gasteiger partial charge in [-0.15, -0.1) is 0 Å². The molecule has 0 saturated heterocycles. The first-order valence-corrected chi connectivity index (χ1v) is 11.5. The lowest BCUT2D eigenvalue weighted by molar-refractivity contribution is 0.316. The van der Waals surface area contributed by atoms with Gasteiger partial charge in [0, 0.05) is 35.6 Å². The van der Waals surface area contributed by atoms with E-state index < -0.39 is 0 Å². The molecule has 1 aliphatic rings. The molecule has 0 radical (unpaired) electrons. The van der Waals surface area contributed by atoms with Crippen molar-refractivity contribution in [2.24, 2.45) is 0 Å². The van der Waals surface area contributed by atoms with Gasteiger partial charge in [-0.1, -0.05) is 13.8 Å². The molecule has 0 aliphatic heterocycles. The summed E-state index contributed by atoms with van der Waals surface area (Å²) in [5.74, 6) is 0.922. The lowest BCUT2D eigenvalue weighted by Gasteiger charge is -2.22. The maximum absolute atomic E-state index is 5.12. The van der Waals surface area contributed by atoms with Crippen molar-refractivity contribution in [3.63, 3.8) is 0 Å². The van der Waals surface area contributed by atoms with E-state index in [0.717, 1.165) is 67.1 Å². The van der Waals surface area contributed by atoms with Gasteiger partial charge in [-0.2, -0.15) is 5.10 Å². The highest BCUT2D eigenvalue weighted by Gasteiger charge is 2.21. The summed E-state index contributed by atoms with van der Waals surface area (Å²) in [5, 5.41) is 13.3. The number of aryl methyl sites for hydroxylation is 1. The van der Waals surface area contributed by atoms with Crippen molar-refractivity contribution in [2.75, 3.05) is 31.5 Å². The Hall–Kier alpha value is -2.99. The standard InChI is InChI=1S/C25H30N6/c1-3-31(4-2)14-13-26-23-12-9-17(15-27-23)25-19-8-6-5-7-18(19)24-20-16-28-30-21(20)10-11-22(24)29-25/h9-12,15-16H,3-8,13-14H2,1-2H3,(H,26,27)(H,28,30). The number of hydrogen-bond acceptors (Lipinski definition) is 5. The highest BCUT2D eigenvalue weighted by Crippen LogP contribution is 2.37. The van der Waals surface area contributed by atoms with E-state index in [4.69, 9.17) is 4.98 Å². The Morgan fingerprint density at radius 3 is 2.61 bits per heavy atom. The molecule has 0 atom stereocenters. The van der Waals surface area contributed by atoms with Gasteiger partial charge in [0.15, 0.2) is 0 Å². The number of anilines is 1. The SMILES string of the molecule is CCN(CC)CCNc1ccc(-c2nc3ccc4[nH]ncc4c3c3c2CCCC3)cn1. The van der Waals surface area contributed by atoms with E-state index in [9.17, 15) is 0 Å². The molecule has 0 saturated carbocycles. The average molecular weight is 415 g/mol. The van der Waals surface area contributed by atoms with Gasteiger partial charge in [0.1, 0.15) is 5.82 Å².